The van der Waals surface area contributed by atoms with Crippen molar-refractivity contribution in [1.29, 1.82) is 0 Å². The lowest BCUT2D eigenvalue weighted by Crippen LogP contribution is -2.40. The minimum absolute atomic E-state index is 0.183. The van der Waals surface area contributed by atoms with Crippen LogP contribution < -0.4 is 20.9 Å². The summed E-state index contributed by atoms with van der Waals surface area (Å²) in [4.78, 5) is 33.5. The molecule has 0 radical (unpaired) electrons. The standard InChI is InChI=1S/C26H27N5O3/c1-18-16-30(20-13-7-8-14-21(20)34-3)25-27-23-22(31(25)17-18)24(32)29(26(33)28(23)2)15-9-12-19-10-5-4-6-11-19/h4-14,18H,15-17H2,1-3H3. The van der Waals surface area contributed by atoms with Gasteiger partial charge in [0.1, 0.15) is 5.75 Å². The summed E-state index contributed by atoms with van der Waals surface area (Å²) in [5, 5.41) is 0. The minimum atomic E-state index is -0.387. The van der Waals surface area contributed by atoms with Gasteiger partial charge >= 0.3 is 5.69 Å². The van der Waals surface area contributed by atoms with Crippen LogP contribution in [0.3, 0.4) is 0 Å². The largest absolute Gasteiger partial charge is 0.495 e. The molecule has 2 aromatic carbocycles. The van der Waals surface area contributed by atoms with E-state index < -0.39 is 0 Å². The Bertz CT molecular complexity index is 1500. The first-order valence-electron chi connectivity index (χ1n) is 11.3. The number of allylic oxidation sites excluding steroid dienone is 1. The second-order valence-electron chi connectivity index (χ2n) is 8.65. The van der Waals surface area contributed by atoms with Crippen molar-refractivity contribution in [3.05, 3.63) is 87.1 Å². The van der Waals surface area contributed by atoms with Gasteiger partial charge in [0.05, 0.1) is 12.8 Å². The van der Waals surface area contributed by atoms with Gasteiger partial charge in [-0.25, -0.2) is 4.79 Å². The summed E-state index contributed by atoms with van der Waals surface area (Å²) in [5.74, 6) is 1.63. The molecule has 0 saturated heterocycles. The van der Waals surface area contributed by atoms with Crippen LogP contribution in [0.2, 0.25) is 0 Å². The van der Waals surface area contributed by atoms with Gasteiger partial charge in [0.15, 0.2) is 11.2 Å². The quantitative estimate of drug-likeness (QED) is 0.459. The van der Waals surface area contributed by atoms with Gasteiger partial charge in [-0.1, -0.05) is 61.5 Å². The number of hydrogen-bond acceptors (Lipinski definition) is 5. The number of methoxy groups -OCH3 is 1. The van der Waals surface area contributed by atoms with Crippen LogP contribution in [0.25, 0.3) is 17.2 Å². The van der Waals surface area contributed by atoms with Crippen molar-refractivity contribution in [1.82, 2.24) is 18.7 Å². The molecule has 2 aromatic heterocycles. The summed E-state index contributed by atoms with van der Waals surface area (Å²) >= 11 is 0. The van der Waals surface area contributed by atoms with Crippen molar-refractivity contribution in [2.75, 3.05) is 18.6 Å². The number of fused-ring (bicyclic) bond motifs is 3. The van der Waals surface area contributed by atoms with E-state index in [1.165, 1.54) is 9.13 Å². The van der Waals surface area contributed by atoms with E-state index in [4.69, 9.17) is 9.72 Å². The van der Waals surface area contributed by atoms with E-state index in [2.05, 4.69) is 11.8 Å². The monoisotopic (exact) mass is 457 g/mol. The third-order valence-electron chi connectivity index (χ3n) is 6.22. The normalized spacial score (nSPS) is 15.7. The fourth-order valence-electron chi connectivity index (χ4n) is 4.58. The molecule has 3 heterocycles. The second-order valence-corrected chi connectivity index (χ2v) is 8.65. The first-order valence-corrected chi connectivity index (χ1v) is 11.3. The third kappa shape index (κ3) is 3.61. The molecule has 4 aromatic rings. The lowest BCUT2D eigenvalue weighted by atomic mass is 10.1. The molecule has 0 bridgehead atoms. The second kappa shape index (κ2) is 8.70. The summed E-state index contributed by atoms with van der Waals surface area (Å²) < 4.78 is 10.3. The van der Waals surface area contributed by atoms with E-state index in [1.54, 1.807) is 14.2 Å². The highest BCUT2D eigenvalue weighted by molar-refractivity contribution is 5.78. The van der Waals surface area contributed by atoms with Gasteiger partial charge in [-0.15, -0.1) is 0 Å². The number of aromatic nitrogens is 4. The molecular formula is C26H27N5O3. The van der Waals surface area contributed by atoms with E-state index in [9.17, 15) is 9.59 Å². The number of nitrogens with zero attached hydrogens (tertiary/aromatic N) is 5. The van der Waals surface area contributed by atoms with Crippen LogP contribution in [0, 0.1) is 5.92 Å². The number of anilines is 2. The lowest BCUT2D eigenvalue weighted by molar-refractivity contribution is 0.409. The highest BCUT2D eigenvalue weighted by Crippen LogP contribution is 2.37. The Hall–Kier alpha value is -4.07. The Labute approximate surface area is 197 Å². The molecule has 0 saturated carbocycles. The number of aryl methyl sites for hydroxylation is 1. The van der Waals surface area contributed by atoms with Crippen LogP contribution in [0.15, 0.2) is 70.3 Å². The molecule has 1 atom stereocenters. The maximum Gasteiger partial charge on any atom is 0.332 e. The fraction of sp³-hybridized carbons (Fsp3) is 0.269. The minimum Gasteiger partial charge on any atom is -0.495 e. The zero-order valence-electron chi connectivity index (χ0n) is 19.5. The molecule has 1 unspecified atom stereocenters. The van der Waals surface area contributed by atoms with Gasteiger partial charge in [0.25, 0.3) is 5.56 Å². The molecule has 0 N–H and O–H groups in total. The van der Waals surface area contributed by atoms with Gasteiger partial charge in [-0.05, 0) is 23.6 Å². The molecule has 1 aliphatic heterocycles. The maximum atomic E-state index is 13.6. The molecule has 1 aliphatic rings. The average Bonchev–Trinajstić information content (AvgIpc) is 3.24. The summed E-state index contributed by atoms with van der Waals surface area (Å²) in [6, 6.07) is 17.5. The number of ether oxygens (including phenoxy) is 1. The van der Waals surface area contributed by atoms with Crippen LogP contribution in [-0.2, 0) is 20.1 Å². The van der Waals surface area contributed by atoms with Crippen molar-refractivity contribution in [3.63, 3.8) is 0 Å². The maximum absolute atomic E-state index is 13.6. The van der Waals surface area contributed by atoms with Crippen LogP contribution >= 0.6 is 0 Å². The average molecular weight is 458 g/mol. The summed E-state index contributed by atoms with van der Waals surface area (Å²) in [5.41, 5.74) is 2.01. The first-order chi connectivity index (χ1) is 16.5. The topological polar surface area (TPSA) is 74.3 Å². The van der Waals surface area contributed by atoms with E-state index in [0.717, 1.165) is 23.5 Å². The molecule has 0 fully saturated rings. The number of imidazole rings is 1. The van der Waals surface area contributed by atoms with Crippen LogP contribution in [0.5, 0.6) is 5.75 Å². The van der Waals surface area contributed by atoms with Crippen LogP contribution in [0.4, 0.5) is 11.6 Å². The third-order valence-corrected chi connectivity index (χ3v) is 6.22. The zero-order valence-corrected chi connectivity index (χ0v) is 19.5. The highest BCUT2D eigenvalue weighted by atomic mass is 16.5. The molecule has 34 heavy (non-hydrogen) atoms. The van der Waals surface area contributed by atoms with E-state index in [0.29, 0.717) is 23.7 Å². The predicted octanol–water partition coefficient (Wildman–Crippen LogP) is 3.41. The summed E-state index contributed by atoms with van der Waals surface area (Å²) in [7, 11) is 3.30. The summed E-state index contributed by atoms with van der Waals surface area (Å²) in [6.07, 6.45) is 3.74. The molecule has 0 aliphatic carbocycles. The van der Waals surface area contributed by atoms with Gasteiger partial charge in [0.2, 0.25) is 5.95 Å². The number of para-hydroxylation sites is 2. The van der Waals surface area contributed by atoms with E-state index >= 15 is 0 Å². The van der Waals surface area contributed by atoms with Crippen molar-refractivity contribution < 1.29 is 4.74 Å². The Morgan fingerprint density at radius 1 is 1.06 bits per heavy atom. The molecule has 5 rings (SSSR count). The van der Waals surface area contributed by atoms with Crippen molar-refractivity contribution in [3.8, 4) is 5.75 Å². The Kier molecular flexibility index (Phi) is 5.57. The Morgan fingerprint density at radius 3 is 2.56 bits per heavy atom. The number of benzene rings is 2. The van der Waals surface area contributed by atoms with Gasteiger partial charge < -0.3 is 14.2 Å². The molecule has 0 spiro atoms. The molecule has 0 amide bonds. The summed E-state index contributed by atoms with van der Waals surface area (Å²) in [6.45, 7) is 3.69. The van der Waals surface area contributed by atoms with Crippen LogP contribution in [-0.4, -0.2) is 32.3 Å². The molecular weight excluding hydrogens is 430 g/mol. The van der Waals surface area contributed by atoms with Crippen LogP contribution in [0.1, 0.15) is 12.5 Å². The SMILES string of the molecule is COc1ccccc1N1CC(C)Cn2c1nc1c2c(=O)n(CC=Cc2ccccc2)c(=O)n1C. The van der Waals surface area contributed by atoms with E-state index in [1.807, 2.05) is 71.3 Å². The molecule has 8 heteroatoms. The lowest BCUT2D eigenvalue weighted by Gasteiger charge is -2.33. The van der Waals surface area contributed by atoms with Gasteiger partial charge in [-0.3, -0.25) is 13.9 Å². The smallest absolute Gasteiger partial charge is 0.332 e. The van der Waals surface area contributed by atoms with Gasteiger partial charge in [-0.2, -0.15) is 4.98 Å². The van der Waals surface area contributed by atoms with Crippen molar-refractivity contribution in [2.45, 2.75) is 20.0 Å². The molecule has 8 nitrogen and oxygen atoms in total. The number of hydrogen-bond donors (Lipinski definition) is 0. The zero-order chi connectivity index (χ0) is 23.8. The molecule has 174 valence electrons. The van der Waals surface area contributed by atoms with Gasteiger partial charge in [0, 0.05) is 26.7 Å². The Morgan fingerprint density at radius 2 is 1.79 bits per heavy atom. The highest BCUT2D eigenvalue weighted by Gasteiger charge is 2.30. The van der Waals surface area contributed by atoms with Crippen molar-refractivity contribution >= 4 is 28.9 Å². The predicted molar refractivity (Wildman–Crippen MR) is 134 cm³/mol. The number of rotatable bonds is 5. The first kappa shape index (κ1) is 21.8. The van der Waals surface area contributed by atoms with Crippen molar-refractivity contribution in [2.24, 2.45) is 13.0 Å². The van der Waals surface area contributed by atoms with E-state index in [-0.39, 0.29) is 23.7 Å². The fourth-order valence-corrected chi connectivity index (χ4v) is 4.58. The Balaban J connectivity index is 1.65.